The third-order valence-corrected chi connectivity index (χ3v) is 2.89. The summed E-state index contributed by atoms with van der Waals surface area (Å²) in [7, 11) is 0. The molecule has 1 aromatic carbocycles. The Hall–Kier alpha value is 1.43. The maximum absolute atomic E-state index is 3.92. The van der Waals surface area contributed by atoms with Crippen molar-refractivity contribution in [2.24, 2.45) is 0 Å². The summed E-state index contributed by atoms with van der Waals surface area (Å²) < 4.78 is 0. The first-order chi connectivity index (χ1) is 7.47. The minimum absolute atomic E-state index is 0. The normalized spacial score (nSPS) is 10.8. The molecule has 0 fully saturated rings. The third-order valence-electron chi connectivity index (χ3n) is 2.89. The Morgan fingerprint density at radius 2 is 1.67 bits per heavy atom. The van der Waals surface area contributed by atoms with Gasteiger partial charge in [-0.15, -0.1) is 0 Å². The van der Waals surface area contributed by atoms with Gasteiger partial charge in [-0.1, -0.05) is 26.2 Å². The quantitative estimate of drug-likeness (QED) is 0.669. The monoisotopic (exact) mass is 392 g/mol. The Balaban J connectivity index is 0. The maximum Gasteiger partial charge on any atom is 0 e. The molecule has 0 saturated heterocycles. The van der Waals surface area contributed by atoms with E-state index in [0.29, 0.717) is 0 Å². The Kier molecular flexibility index (Phi) is 12.3. The molecule has 0 saturated carbocycles. The van der Waals surface area contributed by atoms with Gasteiger partial charge in [0.05, 0.1) is 0 Å². The van der Waals surface area contributed by atoms with Crippen molar-refractivity contribution >= 4 is 0 Å². The standard InChI is InChI=1S/C16H22.2Y/c1-6-13(7-2)12-14-8-10-15(11-9-14)16(3,4)5;;/h8,10-11H,1-2,6-7,12H2,3-5H3;;/q-4;;. The van der Waals surface area contributed by atoms with E-state index >= 15 is 0 Å². The Bertz CT molecular complexity index is 305. The van der Waals surface area contributed by atoms with E-state index in [2.05, 4.69) is 58.9 Å². The molecule has 18 heavy (non-hydrogen) atoms. The summed E-state index contributed by atoms with van der Waals surface area (Å²) in [6, 6.07) is 9.85. The molecule has 0 nitrogen and oxygen atoms in total. The molecule has 2 heteroatoms. The van der Waals surface area contributed by atoms with Gasteiger partial charge in [-0.05, 0) is 0 Å². The smallest absolute Gasteiger partial charge is 0 e. The van der Waals surface area contributed by atoms with Crippen LogP contribution in [0.3, 0.4) is 0 Å². The predicted octanol–water partition coefficient (Wildman–Crippen LogP) is 4.34. The van der Waals surface area contributed by atoms with E-state index in [0.717, 1.165) is 19.3 Å². The molecule has 0 N–H and O–H groups in total. The number of benzene rings is 1. The zero-order chi connectivity index (χ0) is 12.2. The average Bonchev–Trinajstić information content (AvgIpc) is 2.25. The van der Waals surface area contributed by atoms with Crippen molar-refractivity contribution in [1.29, 1.82) is 0 Å². The number of hydrogen-bond acceptors (Lipinski definition) is 0. The van der Waals surface area contributed by atoms with Crippen molar-refractivity contribution in [1.82, 2.24) is 0 Å². The fraction of sp³-hybridized carbons (Fsp3) is 0.438. The maximum atomic E-state index is 3.92. The first-order valence-electron chi connectivity index (χ1n) is 5.90. The molecule has 0 amide bonds. The van der Waals surface area contributed by atoms with Gasteiger partial charge in [-0.3, -0.25) is 0 Å². The molecule has 0 aliphatic rings. The van der Waals surface area contributed by atoms with Crippen molar-refractivity contribution in [2.75, 3.05) is 0 Å². The van der Waals surface area contributed by atoms with E-state index < -0.39 is 0 Å². The molecule has 0 aromatic heterocycles. The fourth-order valence-corrected chi connectivity index (χ4v) is 1.60. The second-order valence-electron chi connectivity index (χ2n) is 5.28. The van der Waals surface area contributed by atoms with Gasteiger partial charge in [0.15, 0.2) is 0 Å². The molecule has 1 aromatic rings. The van der Waals surface area contributed by atoms with Crippen LogP contribution in [-0.4, -0.2) is 0 Å². The second kappa shape index (κ2) is 10.2. The molecule has 2 radical (unpaired) electrons. The first kappa shape index (κ1) is 21.7. The van der Waals surface area contributed by atoms with E-state index in [1.165, 1.54) is 17.0 Å². The van der Waals surface area contributed by atoms with Crippen LogP contribution in [0.5, 0.6) is 0 Å². The van der Waals surface area contributed by atoms with Crippen LogP contribution >= 0.6 is 0 Å². The number of hydrogen-bond donors (Lipinski definition) is 0. The summed E-state index contributed by atoms with van der Waals surface area (Å²) >= 11 is 0. The molecule has 0 aliphatic heterocycles. The van der Waals surface area contributed by atoms with Crippen LogP contribution in [0.25, 0.3) is 0 Å². The van der Waals surface area contributed by atoms with Gasteiger partial charge < -0.3 is 32.6 Å². The Morgan fingerprint density at radius 1 is 1.11 bits per heavy atom. The van der Waals surface area contributed by atoms with E-state index in [9.17, 15) is 0 Å². The first-order valence-corrected chi connectivity index (χ1v) is 5.90. The van der Waals surface area contributed by atoms with Crippen LogP contribution in [0.15, 0.2) is 18.2 Å². The molecule has 0 atom stereocenters. The SMILES string of the molecule is [CH2-]C[C-](C[CH2-])Cc1[c-]cc(C(C)(C)C)cc1.[Y].[Y]. The van der Waals surface area contributed by atoms with E-state index in [4.69, 9.17) is 0 Å². The molecule has 0 aliphatic carbocycles. The summed E-state index contributed by atoms with van der Waals surface area (Å²) in [5, 5.41) is 0. The average molecular weight is 392 g/mol. The molecule has 0 spiro atoms. The summed E-state index contributed by atoms with van der Waals surface area (Å²) in [6.07, 6.45) is 2.72. The topological polar surface area (TPSA) is 0 Å². The molecular weight excluding hydrogens is 370 g/mol. The van der Waals surface area contributed by atoms with Crippen molar-refractivity contribution in [2.45, 2.75) is 45.4 Å². The molecule has 0 bridgehead atoms. The molecule has 0 unspecified atom stereocenters. The zero-order valence-electron chi connectivity index (χ0n) is 11.9. The van der Waals surface area contributed by atoms with E-state index in [1.54, 1.807) is 0 Å². The van der Waals surface area contributed by atoms with Crippen molar-refractivity contribution in [3.05, 3.63) is 55.2 Å². The van der Waals surface area contributed by atoms with Crippen LogP contribution in [0.1, 0.15) is 44.7 Å². The summed E-state index contributed by atoms with van der Waals surface area (Å²) in [4.78, 5) is 0. The van der Waals surface area contributed by atoms with Crippen LogP contribution in [0.2, 0.25) is 0 Å². The molecule has 96 valence electrons. The summed E-state index contributed by atoms with van der Waals surface area (Å²) in [5.41, 5.74) is 2.79. The van der Waals surface area contributed by atoms with Gasteiger partial charge in [0.1, 0.15) is 0 Å². The minimum Gasteiger partial charge on any atom is -0.372 e. The van der Waals surface area contributed by atoms with Crippen LogP contribution in [-0.2, 0) is 77.3 Å². The third kappa shape index (κ3) is 7.27. The zero-order valence-corrected chi connectivity index (χ0v) is 17.6. The van der Waals surface area contributed by atoms with Gasteiger partial charge >= 0.3 is 0 Å². The summed E-state index contributed by atoms with van der Waals surface area (Å²) in [5.74, 6) is 1.39. The summed E-state index contributed by atoms with van der Waals surface area (Å²) in [6.45, 7) is 14.5. The van der Waals surface area contributed by atoms with Gasteiger partial charge in [0.2, 0.25) is 0 Å². The van der Waals surface area contributed by atoms with Crippen LogP contribution in [0.4, 0.5) is 0 Å². The van der Waals surface area contributed by atoms with E-state index in [-0.39, 0.29) is 70.8 Å². The minimum atomic E-state index is 0. The largest absolute Gasteiger partial charge is 0.372 e. The molecule has 1 rings (SSSR count). The van der Waals surface area contributed by atoms with Crippen molar-refractivity contribution in [3.63, 3.8) is 0 Å². The molecular formula is C16H22Y2-4. The number of rotatable bonds is 4. The van der Waals surface area contributed by atoms with Gasteiger partial charge in [-0.2, -0.15) is 41.8 Å². The van der Waals surface area contributed by atoms with Gasteiger partial charge in [-0.25, -0.2) is 0 Å². The Labute approximate surface area is 164 Å². The molecule has 0 heterocycles. The fourth-order valence-electron chi connectivity index (χ4n) is 1.60. The van der Waals surface area contributed by atoms with E-state index in [1.807, 2.05) is 0 Å². The Morgan fingerprint density at radius 3 is 2.00 bits per heavy atom. The van der Waals surface area contributed by atoms with Crippen molar-refractivity contribution < 1.29 is 65.4 Å². The van der Waals surface area contributed by atoms with Gasteiger partial charge in [0, 0.05) is 65.4 Å². The van der Waals surface area contributed by atoms with Gasteiger partial charge in [0.25, 0.3) is 0 Å². The van der Waals surface area contributed by atoms with Crippen LogP contribution < -0.4 is 0 Å². The van der Waals surface area contributed by atoms with Crippen LogP contribution in [0, 0.1) is 25.8 Å². The predicted molar refractivity (Wildman–Crippen MR) is 70.9 cm³/mol. The van der Waals surface area contributed by atoms with Crippen molar-refractivity contribution in [3.8, 4) is 0 Å². The second-order valence-corrected chi connectivity index (χ2v) is 5.28.